The standard InChI is InChI=1S/C44H47FN6O7S/c1-2-29-6-3-4-7-36(29)39-8-5-21-50(39)33-12-9-30(10-13-33)31-11-15-37(41(25-31)58-34-24-32-17-20-46-42(32)47-27-34)43(52)49-59(55,56)35-14-16-38(40(26-35)51(53)54)48-28-44(45)18-22-57-23-19-44/h3-4,6-7,9,11,14-17,20,24-27,33,39,48H,2,5,8,10,12-13,18-19,21-23,28H2,1H3,(H,46,47)(H,49,52)/t33?,39-/m1/s1. The summed E-state index contributed by atoms with van der Waals surface area (Å²) in [4.78, 5) is 34.8. The third-order valence-corrected chi connectivity index (χ3v) is 13.2. The first-order valence-corrected chi connectivity index (χ1v) is 21.6. The molecule has 59 heavy (non-hydrogen) atoms. The van der Waals surface area contributed by atoms with Gasteiger partial charge in [-0.3, -0.25) is 19.8 Å². The Morgan fingerprint density at radius 3 is 2.71 bits per heavy atom. The minimum absolute atomic E-state index is 0.0477. The number of anilines is 1. The maximum absolute atomic E-state index is 15.2. The van der Waals surface area contributed by atoms with Crippen LogP contribution in [-0.2, 0) is 21.2 Å². The van der Waals surface area contributed by atoms with Crippen molar-refractivity contribution >= 4 is 43.9 Å². The van der Waals surface area contributed by atoms with Crippen molar-refractivity contribution in [3.05, 3.63) is 124 Å². The molecule has 2 atom stereocenters. The number of carbonyl (C=O) groups excluding carboxylic acids is 1. The number of alkyl halides is 1. The number of pyridine rings is 1. The number of aromatic amines is 1. The number of amides is 1. The lowest BCUT2D eigenvalue weighted by molar-refractivity contribution is -0.384. The number of hydrogen-bond acceptors (Lipinski definition) is 10. The third kappa shape index (κ3) is 8.73. The fraction of sp³-hybridized carbons (Fsp3) is 0.364. The molecule has 15 heteroatoms. The van der Waals surface area contributed by atoms with Crippen molar-refractivity contribution in [1.82, 2.24) is 19.6 Å². The molecule has 2 aromatic heterocycles. The van der Waals surface area contributed by atoms with Gasteiger partial charge in [-0.15, -0.1) is 0 Å². The van der Waals surface area contributed by atoms with E-state index >= 15 is 4.39 Å². The second kappa shape index (κ2) is 16.9. The largest absolute Gasteiger partial charge is 0.455 e. The molecule has 2 fully saturated rings. The van der Waals surface area contributed by atoms with Gasteiger partial charge in [0.05, 0.1) is 21.6 Å². The number of ether oxygens (including phenoxy) is 2. The SMILES string of the molecule is CCc1ccccc1[C@H]1CCCN1C1CC=C(c2ccc(C(=O)NS(=O)(=O)c3ccc(NCC4(F)CCOCC4)c([N+](=O)[O-])c3)c(Oc3cnc4[nH]ccc4c3)c2)CC1. The highest BCUT2D eigenvalue weighted by Gasteiger charge is 2.35. The number of aromatic nitrogens is 2. The second-order valence-corrected chi connectivity index (χ2v) is 17.2. The Kier molecular flexibility index (Phi) is 11.5. The highest BCUT2D eigenvalue weighted by atomic mass is 32.2. The highest BCUT2D eigenvalue weighted by molar-refractivity contribution is 7.90. The van der Waals surface area contributed by atoms with Crippen LogP contribution in [-0.4, -0.2) is 72.1 Å². The van der Waals surface area contributed by atoms with Crippen molar-refractivity contribution in [1.29, 1.82) is 0 Å². The Labute approximate surface area is 342 Å². The average Bonchev–Trinajstić information content (AvgIpc) is 3.93. The summed E-state index contributed by atoms with van der Waals surface area (Å²) in [5.74, 6) is -0.536. The van der Waals surface area contributed by atoms with Crippen LogP contribution in [0.25, 0.3) is 16.6 Å². The van der Waals surface area contributed by atoms with E-state index in [1.54, 1.807) is 24.4 Å². The van der Waals surface area contributed by atoms with Gasteiger partial charge in [0.25, 0.3) is 21.6 Å². The van der Waals surface area contributed by atoms with Crippen molar-refractivity contribution in [2.24, 2.45) is 0 Å². The van der Waals surface area contributed by atoms with E-state index in [9.17, 15) is 23.3 Å². The second-order valence-electron chi connectivity index (χ2n) is 15.5. The summed E-state index contributed by atoms with van der Waals surface area (Å²) < 4.78 is 56.1. The lowest BCUT2D eigenvalue weighted by Gasteiger charge is -2.36. The van der Waals surface area contributed by atoms with Crippen LogP contribution in [0, 0.1) is 10.1 Å². The van der Waals surface area contributed by atoms with E-state index < -0.39 is 37.1 Å². The van der Waals surface area contributed by atoms with Gasteiger partial charge in [0.1, 0.15) is 28.5 Å². The van der Waals surface area contributed by atoms with E-state index in [0.29, 0.717) is 23.5 Å². The number of allylic oxidation sites excluding steroid dienone is 1. The van der Waals surface area contributed by atoms with E-state index in [2.05, 4.69) is 62.2 Å². The Morgan fingerprint density at radius 2 is 1.93 bits per heavy atom. The molecule has 0 spiro atoms. The molecule has 1 unspecified atom stereocenters. The van der Waals surface area contributed by atoms with Gasteiger partial charge in [-0.2, -0.15) is 0 Å². The van der Waals surface area contributed by atoms with Crippen LogP contribution in [0.4, 0.5) is 15.8 Å². The quantitative estimate of drug-likeness (QED) is 0.0772. The van der Waals surface area contributed by atoms with Gasteiger partial charge < -0.3 is 19.8 Å². The topological polar surface area (TPSA) is 169 Å². The number of sulfonamides is 1. The molecular weight excluding hydrogens is 776 g/mol. The van der Waals surface area contributed by atoms with E-state index in [0.717, 1.165) is 73.7 Å². The van der Waals surface area contributed by atoms with Gasteiger partial charge in [0, 0.05) is 62.3 Å². The molecule has 0 radical (unpaired) electrons. The molecule has 3 aliphatic rings. The summed E-state index contributed by atoms with van der Waals surface area (Å²) in [6, 6.07) is 21.4. The van der Waals surface area contributed by atoms with Crippen LogP contribution in [0.15, 0.2) is 96.2 Å². The first-order valence-electron chi connectivity index (χ1n) is 20.1. The average molecular weight is 823 g/mol. The van der Waals surface area contributed by atoms with Crippen LogP contribution in [0.2, 0.25) is 0 Å². The number of H-pyrrole nitrogens is 1. The van der Waals surface area contributed by atoms with Crippen LogP contribution < -0.4 is 14.8 Å². The lowest BCUT2D eigenvalue weighted by Crippen LogP contribution is -2.38. The van der Waals surface area contributed by atoms with Crippen LogP contribution >= 0.6 is 0 Å². The number of hydrogen-bond donors (Lipinski definition) is 3. The number of nitrogens with zero attached hydrogens (tertiary/aromatic N) is 3. The number of benzene rings is 3. The van der Waals surface area contributed by atoms with Crippen molar-refractivity contribution < 1.29 is 32.0 Å². The normalized spacial score (nSPS) is 19.6. The molecule has 13 nitrogen and oxygen atoms in total. The summed E-state index contributed by atoms with van der Waals surface area (Å²) in [6.45, 7) is 3.53. The molecule has 3 N–H and O–H groups in total. The van der Waals surface area contributed by atoms with Crippen LogP contribution in [0.1, 0.15) is 85.0 Å². The number of nitro benzene ring substituents is 1. The maximum atomic E-state index is 15.2. The molecule has 2 saturated heterocycles. The maximum Gasteiger partial charge on any atom is 0.293 e. The first-order chi connectivity index (χ1) is 28.5. The predicted octanol–water partition coefficient (Wildman–Crippen LogP) is 8.65. The highest BCUT2D eigenvalue weighted by Crippen LogP contribution is 2.41. The fourth-order valence-electron chi connectivity index (χ4n) is 8.60. The molecule has 0 saturated carbocycles. The van der Waals surface area contributed by atoms with E-state index in [1.807, 2.05) is 6.07 Å². The molecule has 2 aliphatic heterocycles. The number of nitro groups is 1. The van der Waals surface area contributed by atoms with E-state index in [-0.39, 0.29) is 49.6 Å². The molecule has 0 bridgehead atoms. The van der Waals surface area contributed by atoms with Gasteiger partial charge >= 0.3 is 0 Å². The summed E-state index contributed by atoms with van der Waals surface area (Å²) in [5, 5.41) is 15.6. The molecule has 8 rings (SSSR count). The Morgan fingerprint density at radius 1 is 1.10 bits per heavy atom. The van der Waals surface area contributed by atoms with Crippen molar-refractivity contribution in [2.45, 2.75) is 80.9 Å². The minimum Gasteiger partial charge on any atom is -0.455 e. The minimum atomic E-state index is -4.62. The number of halogens is 1. The van der Waals surface area contributed by atoms with E-state index in [4.69, 9.17) is 9.47 Å². The zero-order chi connectivity index (χ0) is 41.1. The van der Waals surface area contributed by atoms with E-state index in [1.165, 1.54) is 29.5 Å². The van der Waals surface area contributed by atoms with Crippen molar-refractivity contribution in [3.63, 3.8) is 0 Å². The predicted molar refractivity (Wildman–Crippen MR) is 223 cm³/mol. The molecule has 1 aliphatic carbocycles. The van der Waals surface area contributed by atoms with Gasteiger partial charge in [-0.05, 0) is 104 Å². The third-order valence-electron chi connectivity index (χ3n) is 11.8. The summed E-state index contributed by atoms with van der Waals surface area (Å²) in [5.41, 5.74) is 3.11. The molecule has 308 valence electrons. The molecule has 4 heterocycles. The van der Waals surface area contributed by atoms with Gasteiger partial charge in [-0.1, -0.05) is 43.3 Å². The molecule has 5 aromatic rings. The fourth-order valence-corrected chi connectivity index (χ4v) is 9.59. The van der Waals surface area contributed by atoms with Crippen molar-refractivity contribution in [3.8, 4) is 11.5 Å². The number of rotatable bonds is 13. The molecule has 1 amide bonds. The van der Waals surface area contributed by atoms with Gasteiger partial charge in [0.15, 0.2) is 0 Å². The number of fused-ring (bicyclic) bond motifs is 1. The Bertz CT molecular complexity index is 2520. The van der Waals surface area contributed by atoms with Gasteiger partial charge in [0.2, 0.25) is 0 Å². The Hall–Kier alpha value is -5.64. The number of aryl methyl sites for hydroxylation is 1. The smallest absolute Gasteiger partial charge is 0.293 e. The summed E-state index contributed by atoms with van der Waals surface area (Å²) in [7, 11) is -4.62. The zero-order valence-corrected chi connectivity index (χ0v) is 33.6. The monoisotopic (exact) mass is 822 g/mol. The molecule has 3 aromatic carbocycles. The summed E-state index contributed by atoms with van der Waals surface area (Å²) in [6.07, 6.45) is 11.7. The zero-order valence-electron chi connectivity index (χ0n) is 32.8. The number of carbonyl (C=O) groups is 1. The summed E-state index contributed by atoms with van der Waals surface area (Å²) >= 11 is 0. The van der Waals surface area contributed by atoms with Crippen LogP contribution in [0.3, 0.4) is 0 Å². The lowest BCUT2D eigenvalue weighted by atomic mass is 9.88. The Balaban J connectivity index is 1.04. The van der Waals surface area contributed by atoms with Gasteiger partial charge in [-0.25, -0.2) is 22.5 Å². The first kappa shape index (κ1) is 40.2. The van der Waals surface area contributed by atoms with Crippen LogP contribution in [0.5, 0.6) is 11.5 Å². The number of nitrogens with one attached hydrogen (secondary N) is 3. The van der Waals surface area contributed by atoms with Crippen molar-refractivity contribution in [2.75, 3.05) is 31.6 Å². The molecular formula is C44H47FN6O7S. The number of likely N-dealkylation sites (tertiary alicyclic amines) is 1.